The molecule has 1 aromatic carbocycles. The van der Waals surface area contributed by atoms with Crippen molar-refractivity contribution in [3.8, 4) is 0 Å². The van der Waals surface area contributed by atoms with E-state index in [1.54, 1.807) is 6.92 Å². The summed E-state index contributed by atoms with van der Waals surface area (Å²) in [6.45, 7) is 3.90. The van der Waals surface area contributed by atoms with Crippen LogP contribution in [-0.4, -0.2) is 26.1 Å². The highest BCUT2D eigenvalue weighted by Crippen LogP contribution is 2.27. The molecule has 0 fully saturated rings. The Morgan fingerprint density at radius 1 is 1.36 bits per heavy atom. The van der Waals surface area contributed by atoms with Crippen LogP contribution >= 0.6 is 35.0 Å². The minimum atomic E-state index is -0.375. The van der Waals surface area contributed by atoms with Crippen molar-refractivity contribution in [1.82, 2.24) is 15.0 Å². The van der Waals surface area contributed by atoms with Crippen LogP contribution in [0.15, 0.2) is 35.6 Å². The Morgan fingerprint density at radius 2 is 2.16 bits per heavy atom. The van der Waals surface area contributed by atoms with Crippen LogP contribution in [0.1, 0.15) is 19.4 Å². The topological polar surface area (TPSA) is 70.7 Å². The molecule has 0 saturated heterocycles. The summed E-state index contributed by atoms with van der Waals surface area (Å²) in [5, 5.41) is 3.74. The van der Waals surface area contributed by atoms with Crippen LogP contribution in [0.25, 0.3) is 11.0 Å². The predicted octanol–water partition coefficient (Wildman–Crippen LogP) is 4.95. The fourth-order valence-corrected chi connectivity index (χ4v) is 3.50. The number of hydrogen-bond acceptors (Lipinski definition) is 4. The average Bonchev–Trinajstić information content (AvgIpc) is 2.98. The highest BCUT2D eigenvalue weighted by Gasteiger charge is 2.18. The number of H-pyrrole nitrogens is 1. The van der Waals surface area contributed by atoms with Crippen LogP contribution in [0.4, 0.5) is 5.82 Å². The van der Waals surface area contributed by atoms with Crippen LogP contribution in [0.2, 0.25) is 10.0 Å². The first-order valence-corrected chi connectivity index (χ1v) is 9.37. The molecule has 130 valence electrons. The van der Waals surface area contributed by atoms with Crippen LogP contribution in [0.3, 0.4) is 0 Å². The number of rotatable bonds is 5. The number of aromatic amines is 1. The molecule has 2 N–H and O–H groups in total. The first-order chi connectivity index (χ1) is 12.0. The molecule has 8 heteroatoms. The molecule has 0 spiro atoms. The number of halogens is 2. The van der Waals surface area contributed by atoms with Gasteiger partial charge in [0.25, 0.3) is 0 Å². The third-order valence-corrected chi connectivity index (χ3v) is 5.12. The molecular formula is C17H16Cl2N4OS. The van der Waals surface area contributed by atoms with E-state index in [0.29, 0.717) is 21.0 Å². The third kappa shape index (κ3) is 4.26. The normalized spacial score (nSPS) is 12.3. The lowest BCUT2D eigenvalue weighted by atomic mass is 10.1. The molecule has 0 saturated carbocycles. The van der Waals surface area contributed by atoms with E-state index in [2.05, 4.69) is 39.3 Å². The number of nitrogens with zero attached hydrogens (tertiary/aromatic N) is 2. The summed E-state index contributed by atoms with van der Waals surface area (Å²) < 4.78 is 0. The summed E-state index contributed by atoms with van der Waals surface area (Å²) in [5.74, 6) is 0.0807. The number of carbonyl (C=O) groups is 1. The number of hydrogen-bond donors (Lipinski definition) is 2. The number of fused-ring (bicyclic) bond motifs is 1. The molecule has 2 aromatic heterocycles. The molecule has 0 aliphatic carbocycles. The first-order valence-electron chi connectivity index (χ1n) is 7.73. The molecule has 5 nitrogen and oxygen atoms in total. The Labute approximate surface area is 159 Å². The predicted molar refractivity (Wildman–Crippen MR) is 104 cm³/mol. The summed E-state index contributed by atoms with van der Waals surface area (Å²) in [6, 6.07) is 7.67. The molecule has 3 rings (SSSR count). The van der Waals surface area contributed by atoms with Crippen LogP contribution in [0, 0.1) is 0 Å². The van der Waals surface area contributed by atoms with Crippen molar-refractivity contribution in [1.29, 1.82) is 0 Å². The standard InChI is InChI=1S/C17H16Cl2N4OS/c1-3-10-4-5-13-14(6-10)22-17(21-13)25-9(2)16(24)23-15-12(19)7-11(18)8-20-15/h4-9H,3H2,1-2H3,(H,21,22)(H,20,23,24). The number of pyridine rings is 1. The van der Waals surface area contributed by atoms with Gasteiger partial charge in [-0.25, -0.2) is 9.97 Å². The maximum atomic E-state index is 12.4. The Balaban J connectivity index is 1.70. The molecule has 0 aliphatic heterocycles. The van der Waals surface area contributed by atoms with Gasteiger partial charge in [0.15, 0.2) is 11.0 Å². The van der Waals surface area contributed by atoms with Crippen molar-refractivity contribution in [2.75, 3.05) is 5.32 Å². The monoisotopic (exact) mass is 394 g/mol. The number of anilines is 1. The van der Waals surface area contributed by atoms with Crippen molar-refractivity contribution in [2.24, 2.45) is 0 Å². The van der Waals surface area contributed by atoms with E-state index >= 15 is 0 Å². The maximum absolute atomic E-state index is 12.4. The van der Waals surface area contributed by atoms with Gasteiger partial charge in [-0.1, -0.05) is 48.0 Å². The van der Waals surface area contributed by atoms with E-state index in [0.717, 1.165) is 17.5 Å². The van der Waals surface area contributed by atoms with Crippen LogP contribution in [-0.2, 0) is 11.2 Å². The second-order valence-corrected chi connectivity index (χ2v) is 7.65. The maximum Gasteiger partial charge on any atom is 0.238 e. The molecule has 0 radical (unpaired) electrons. The van der Waals surface area contributed by atoms with Gasteiger partial charge >= 0.3 is 0 Å². The van der Waals surface area contributed by atoms with Gasteiger partial charge in [0.1, 0.15) is 0 Å². The average molecular weight is 395 g/mol. The number of thioether (sulfide) groups is 1. The summed E-state index contributed by atoms with van der Waals surface area (Å²) in [7, 11) is 0. The zero-order valence-corrected chi connectivity index (χ0v) is 16.0. The lowest BCUT2D eigenvalue weighted by Gasteiger charge is -2.11. The van der Waals surface area contributed by atoms with Crippen LogP contribution in [0.5, 0.6) is 0 Å². The molecule has 3 aromatic rings. The second kappa shape index (κ2) is 7.64. The largest absolute Gasteiger partial charge is 0.333 e. The number of aromatic nitrogens is 3. The molecule has 1 atom stereocenters. The van der Waals surface area contributed by atoms with Gasteiger partial charge < -0.3 is 10.3 Å². The van der Waals surface area contributed by atoms with Crippen molar-refractivity contribution in [2.45, 2.75) is 30.7 Å². The Hall–Kier alpha value is -1.76. The van der Waals surface area contributed by atoms with Crippen molar-refractivity contribution in [3.05, 3.63) is 46.1 Å². The minimum Gasteiger partial charge on any atom is -0.333 e. The zero-order valence-electron chi connectivity index (χ0n) is 13.6. The number of nitrogens with one attached hydrogen (secondary N) is 2. The lowest BCUT2D eigenvalue weighted by molar-refractivity contribution is -0.115. The van der Waals surface area contributed by atoms with Gasteiger partial charge in [-0.3, -0.25) is 4.79 Å². The summed E-state index contributed by atoms with van der Waals surface area (Å²) in [6.07, 6.45) is 2.39. The molecule has 25 heavy (non-hydrogen) atoms. The zero-order chi connectivity index (χ0) is 18.0. The van der Waals surface area contributed by atoms with Gasteiger partial charge in [-0.2, -0.15) is 0 Å². The van der Waals surface area contributed by atoms with E-state index in [1.165, 1.54) is 29.6 Å². The number of benzene rings is 1. The Kier molecular flexibility index (Phi) is 5.51. The fraction of sp³-hybridized carbons (Fsp3) is 0.235. The van der Waals surface area contributed by atoms with E-state index in [9.17, 15) is 4.79 Å². The van der Waals surface area contributed by atoms with E-state index in [-0.39, 0.29) is 11.2 Å². The highest BCUT2D eigenvalue weighted by molar-refractivity contribution is 8.00. The van der Waals surface area contributed by atoms with Crippen molar-refractivity contribution >= 4 is 57.7 Å². The van der Waals surface area contributed by atoms with E-state index < -0.39 is 0 Å². The Bertz CT molecular complexity index is 928. The van der Waals surface area contributed by atoms with Gasteiger partial charge in [0.2, 0.25) is 5.91 Å². The lowest BCUT2D eigenvalue weighted by Crippen LogP contribution is -2.23. The van der Waals surface area contributed by atoms with Gasteiger partial charge in [0, 0.05) is 6.20 Å². The molecule has 0 aliphatic rings. The molecular weight excluding hydrogens is 379 g/mol. The first kappa shape index (κ1) is 18.0. The number of amides is 1. The van der Waals surface area contributed by atoms with Crippen molar-refractivity contribution < 1.29 is 4.79 Å². The summed E-state index contributed by atoms with van der Waals surface area (Å²) in [5.41, 5.74) is 3.08. The smallest absolute Gasteiger partial charge is 0.238 e. The van der Waals surface area contributed by atoms with Crippen molar-refractivity contribution in [3.63, 3.8) is 0 Å². The molecule has 1 unspecified atom stereocenters. The number of carbonyl (C=O) groups excluding carboxylic acids is 1. The van der Waals surface area contributed by atoms with Gasteiger partial charge in [0.05, 0.1) is 26.3 Å². The van der Waals surface area contributed by atoms with E-state index in [4.69, 9.17) is 23.2 Å². The number of imidazole rings is 1. The van der Waals surface area contributed by atoms with Crippen LogP contribution < -0.4 is 5.32 Å². The quantitative estimate of drug-likeness (QED) is 0.600. The van der Waals surface area contributed by atoms with Gasteiger partial charge in [-0.15, -0.1) is 0 Å². The van der Waals surface area contributed by atoms with Gasteiger partial charge in [-0.05, 0) is 37.1 Å². The summed E-state index contributed by atoms with van der Waals surface area (Å²) >= 11 is 13.2. The molecule has 1 amide bonds. The second-order valence-electron chi connectivity index (χ2n) is 5.48. The van der Waals surface area contributed by atoms with E-state index in [1.807, 2.05) is 6.07 Å². The minimum absolute atomic E-state index is 0.212. The Morgan fingerprint density at radius 3 is 2.88 bits per heavy atom. The fourth-order valence-electron chi connectivity index (χ4n) is 2.25. The third-order valence-electron chi connectivity index (χ3n) is 3.64. The molecule has 2 heterocycles. The molecule has 0 bridgehead atoms. The highest BCUT2D eigenvalue weighted by atomic mass is 35.5. The summed E-state index contributed by atoms with van der Waals surface area (Å²) in [4.78, 5) is 24.2. The number of aryl methyl sites for hydroxylation is 1. The SMILES string of the molecule is CCc1ccc2[nH]c(SC(C)C(=O)Nc3ncc(Cl)cc3Cl)nc2c1.